The maximum absolute atomic E-state index is 11.5. The van der Waals surface area contributed by atoms with E-state index in [1.165, 1.54) is 4.88 Å². The Morgan fingerprint density at radius 3 is 2.72 bits per heavy atom. The van der Waals surface area contributed by atoms with Gasteiger partial charge in [-0.3, -0.25) is 9.69 Å². The van der Waals surface area contributed by atoms with Crippen molar-refractivity contribution in [3.05, 3.63) is 16.8 Å². The Morgan fingerprint density at radius 1 is 1.17 bits per heavy atom. The number of ether oxygens (including phenoxy) is 2. The highest BCUT2D eigenvalue weighted by atomic mass is 32.1. The van der Waals surface area contributed by atoms with Crippen LogP contribution in [0.4, 0.5) is 0 Å². The minimum Gasteiger partial charge on any atom is -0.481 e. The molecule has 2 aromatic heterocycles. The summed E-state index contributed by atoms with van der Waals surface area (Å²) in [4.78, 5) is 25.2. The molecule has 1 saturated carbocycles. The summed E-state index contributed by atoms with van der Waals surface area (Å²) in [7, 11) is 0. The first-order valence-corrected chi connectivity index (χ1v) is 11.5. The lowest BCUT2D eigenvalue weighted by Gasteiger charge is -2.38. The summed E-state index contributed by atoms with van der Waals surface area (Å²) in [6, 6.07) is 0.634. The number of fused-ring (bicyclic) bond motifs is 3. The molecule has 1 atom stereocenters. The molecule has 8 heteroatoms. The van der Waals surface area contributed by atoms with E-state index in [0.29, 0.717) is 24.8 Å². The zero-order valence-electron chi connectivity index (χ0n) is 16.5. The molecule has 2 aromatic rings. The van der Waals surface area contributed by atoms with E-state index >= 15 is 0 Å². The molecule has 1 N–H and O–H groups in total. The van der Waals surface area contributed by atoms with E-state index in [1.807, 2.05) is 0 Å². The van der Waals surface area contributed by atoms with E-state index in [-0.39, 0.29) is 12.0 Å². The molecular formula is C21H27N3O4S. The van der Waals surface area contributed by atoms with Crippen molar-refractivity contribution in [1.82, 2.24) is 14.9 Å². The number of aliphatic carboxylic acids is 1. The Balaban J connectivity index is 1.31. The van der Waals surface area contributed by atoms with Gasteiger partial charge in [0.1, 0.15) is 17.3 Å². The summed E-state index contributed by atoms with van der Waals surface area (Å²) in [5.74, 6) is -0.388. The maximum atomic E-state index is 11.5. The lowest BCUT2D eigenvalue weighted by molar-refractivity contribution is -0.142. The Morgan fingerprint density at radius 2 is 1.97 bits per heavy atom. The summed E-state index contributed by atoms with van der Waals surface area (Å²) in [5, 5.41) is 10.4. The topological polar surface area (TPSA) is 84.8 Å². The van der Waals surface area contributed by atoms with Crippen molar-refractivity contribution in [2.45, 2.75) is 57.1 Å². The number of thiophene rings is 1. The average molecular weight is 418 g/mol. The van der Waals surface area contributed by atoms with E-state index in [2.05, 4.69) is 14.9 Å². The van der Waals surface area contributed by atoms with Crippen LogP contribution in [0.3, 0.4) is 0 Å². The number of carbonyl (C=O) groups is 1. The lowest BCUT2D eigenvalue weighted by atomic mass is 9.87. The standard InChI is InChI=1S/C21H27N3O4S/c25-21(26)13-1-6-17-16(11-13)18-19(22-12-23-20(18)29-17)28-15-4-2-14(3-5-15)24-7-9-27-10-8-24/h12-15H,1-11H2,(H,25,26). The van der Waals surface area contributed by atoms with E-state index in [4.69, 9.17) is 9.47 Å². The molecule has 3 aliphatic rings. The van der Waals surface area contributed by atoms with Crippen molar-refractivity contribution in [2.75, 3.05) is 26.3 Å². The molecule has 1 aliphatic heterocycles. The third-order valence-corrected chi connectivity index (χ3v) is 7.84. The van der Waals surface area contributed by atoms with Gasteiger partial charge in [-0.1, -0.05) is 0 Å². The van der Waals surface area contributed by atoms with Crippen LogP contribution in [0.25, 0.3) is 10.2 Å². The molecule has 5 rings (SSSR count). The lowest BCUT2D eigenvalue weighted by Crippen LogP contribution is -2.46. The molecule has 156 valence electrons. The van der Waals surface area contributed by atoms with Crippen LogP contribution in [0.1, 0.15) is 42.5 Å². The van der Waals surface area contributed by atoms with Crippen molar-refractivity contribution in [2.24, 2.45) is 5.92 Å². The molecule has 3 heterocycles. The molecule has 1 unspecified atom stereocenters. The van der Waals surface area contributed by atoms with E-state index in [1.54, 1.807) is 17.7 Å². The molecule has 29 heavy (non-hydrogen) atoms. The van der Waals surface area contributed by atoms with Crippen LogP contribution in [-0.4, -0.2) is 64.4 Å². The van der Waals surface area contributed by atoms with E-state index < -0.39 is 5.97 Å². The second-order valence-electron chi connectivity index (χ2n) is 8.34. The minimum atomic E-state index is -0.712. The monoisotopic (exact) mass is 417 g/mol. The average Bonchev–Trinajstić information content (AvgIpc) is 3.13. The van der Waals surface area contributed by atoms with Gasteiger partial charge in [0, 0.05) is 24.0 Å². The third kappa shape index (κ3) is 3.85. The van der Waals surface area contributed by atoms with Crippen LogP contribution in [0.5, 0.6) is 5.88 Å². The number of rotatable bonds is 4. The van der Waals surface area contributed by atoms with Crippen LogP contribution in [-0.2, 0) is 22.4 Å². The molecule has 0 amide bonds. The molecule has 0 spiro atoms. The largest absolute Gasteiger partial charge is 0.481 e. The van der Waals surface area contributed by atoms with Gasteiger partial charge in [0.15, 0.2) is 0 Å². The molecule has 0 bridgehead atoms. The zero-order chi connectivity index (χ0) is 19.8. The maximum Gasteiger partial charge on any atom is 0.306 e. The van der Waals surface area contributed by atoms with Crippen LogP contribution >= 0.6 is 11.3 Å². The fourth-order valence-corrected chi connectivity index (χ4v) is 6.18. The summed E-state index contributed by atoms with van der Waals surface area (Å²) < 4.78 is 11.9. The fraction of sp³-hybridized carbons (Fsp3) is 0.667. The zero-order valence-corrected chi connectivity index (χ0v) is 17.3. The highest BCUT2D eigenvalue weighted by Crippen LogP contribution is 2.41. The number of aromatic nitrogens is 2. The van der Waals surface area contributed by atoms with Crippen LogP contribution in [0, 0.1) is 5.92 Å². The van der Waals surface area contributed by atoms with Crippen molar-refractivity contribution in [1.29, 1.82) is 0 Å². The van der Waals surface area contributed by atoms with Gasteiger partial charge in [-0.15, -0.1) is 11.3 Å². The number of morpholine rings is 1. The summed E-state index contributed by atoms with van der Waals surface area (Å²) in [5.41, 5.74) is 1.10. The molecular weight excluding hydrogens is 390 g/mol. The first-order chi connectivity index (χ1) is 14.2. The normalized spacial score (nSPS) is 28.2. The van der Waals surface area contributed by atoms with Crippen LogP contribution in [0.15, 0.2) is 6.33 Å². The molecule has 7 nitrogen and oxygen atoms in total. The number of aryl methyl sites for hydroxylation is 1. The molecule has 0 aromatic carbocycles. The predicted molar refractivity (Wildman–Crippen MR) is 110 cm³/mol. The van der Waals surface area contributed by atoms with Gasteiger partial charge in [-0.2, -0.15) is 0 Å². The second-order valence-corrected chi connectivity index (χ2v) is 9.42. The summed E-state index contributed by atoms with van der Waals surface area (Å²) in [6.07, 6.45) is 8.13. The predicted octanol–water partition coefficient (Wildman–Crippen LogP) is 2.90. The van der Waals surface area contributed by atoms with E-state index in [9.17, 15) is 9.90 Å². The third-order valence-electron chi connectivity index (χ3n) is 6.64. The first kappa shape index (κ1) is 19.2. The van der Waals surface area contributed by atoms with Crippen molar-refractivity contribution in [3.8, 4) is 5.88 Å². The van der Waals surface area contributed by atoms with Crippen LogP contribution in [0.2, 0.25) is 0 Å². The van der Waals surface area contributed by atoms with Gasteiger partial charge >= 0.3 is 5.97 Å². The number of hydrogen-bond acceptors (Lipinski definition) is 7. The molecule has 2 fully saturated rings. The number of carboxylic acid groups (broad SMARTS) is 1. The summed E-state index contributed by atoms with van der Waals surface area (Å²) >= 11 is 1.67. The highest BCUT2D eigenvalue weighted by Gasteiger charge is 2.31. The Kier molecular flexibility index (Phi) is 5.41. The Labute approximate surface area is 174 Å². The van der Waals surface area contributed by atoms with Crippen molar-refractivity contribution < 1.29 is 19.4 Å². The van der Waals surface area contributed by atoms with Crippen molar-refractivity contribution in [3.63, 3.8) is 0 Å². The van der Waals surface area contributed by atoms with E-state index in [0.717, 1.165) is 74.2 Å². The van der Waals surface area contributed by atoms with Gasteiger partial charge in [0.25, 0.3) is 0 Å². The minimum absolute atomic E-state index is 0.166. The number of carboxylic acids is 1. The molecule has 1 saturated heterocycles. The second kappa shape index (κ2) is 8.16. The van der Waals surface area contributed by atoms with Crippen LogP contribution < -0.4 is 4.74 Å². The van der Waals surface area contributed by atoms with Gasteiger partial charge < -0.3 is 14.6 Å². The van der Waals surface area contributed by atoms with Gasteiger partial charge in [-0.05, 0) is 50.5 Å². The smallest absolute Gasteiger partial charge is 0.306 e. The Bertz CT molecular complexity index is 887. The number of nitrogens with zero attached hydrogens (tertiary/aromatic N) is 3. The van der Waals surface area contributed by atoms with Gasteiger partial charge in [-0.25, -0.2) is 9.97 Å². The first-order valence-electron chi connectivity index (χ1n) is 10.7. The SMILES string of the molecule is O=C(O)C1CCc2sc3ncnc(OC4CCC(N5CCOCC5)CC4)c3c2C1. The van der Waals surface area contributed by atoms with Gasteiger partial charge in [0.2, 0.25) is 5.88 Å². The Hall–Kier alpha value is -1.77. The fourth-order valence-electron chi connectivity index (χ4n) is 5.01. The van der Waals surface area contributed by atoms with Gasteiger partial charge in [0.05, 0.1) is 24.5 Å². The quantitative estimate of drug-likeness (QED) is 0.819. The summed E-state index contributed by atoms with van der Waals surface area (Å²) in [6.45, 7) is 3.76. The molecule has 2 aliphatic carbocycles. The molecule has 0 radical (unpaired) electrons. The highest BCUT2D eigenvalue weighted by molar-refractivity contribution is 7.18. The van der Waals surface area contributed by atoms with Crippen molar-refractivity contribution >= 4 is 27.5 Å². The number of hydrogen-bond donors (Lipinski definition) is 1.